The van der Waals surface area contributed by atoms with Crippen LogP contribution in [0.2, 0.25) is 0 Å². The van der Waals surface area contributed by atoms with Crippen molar-refractivity contribution in [2.75, 3.05) is 0 Å². The van der Waals surface area contributed by atoms with E-state index in [1.165, 1.54) is 12.1 Å². The number of aromatic nitrogens is 4. The fourth-order valence-electron chi connectivity index (χ4n) is 6.71. The molecule has 2 aliphatic heterocycles. The van der Waals surface area contributed by atoms with Gasteiger partial charge in [-0.25, -0.2) is 15.0 Å². The van der Waals surface area contributed by atoms with Crippen LogP contribution in [0.1, 0.15) is 65.8 Å². The molecule has 7 rings (SSSR count). The molecule has 4 heterocycles. The van der Waals surface area contributed by atoms with Crippen molar-refractivity contribution in [2.45, 2.75) is 55.8 Å². The molecule has 4 aromatic rings. The van der Waals surface area contributed by atoms with Gasteiger partial charge in [-0.05, 0) is 59.9 Å². The summed E-state index contributed by atoms with van der Waals surface area (Å²) in [6.07, 6.45) is 4.48. The van der Waals surface area contributed by atoms with E-state index in [0.29, 0.717) is 47.6 Å². The summed E-state index contributed by atoms with van der Waals surface area (Å²) in [5, 5.41) is 11.2. The van der Waals surface area contributed by atoms with E-state index in [4.69, 9.17) is 31.1 Å². The number of ether oxygens (including phenoxy) is 1. The molecule has 3 aliphatic rings. The molecule has 1 amide bonds. The lowest BCUT2D eigenvalue weighted by Gasteiger charge is -2.58. The lowest BCUT2D eigenvalue weighted by Crippen LogP contribution is -2.64. The molecule has 2 bridgehead atoms. The minimum absolute atomic E-state index is 0.0290. The predicted molar refractivity (Wildman–Crippen MR) is 146 cm³/mol. The SMILES string of the molecule is [B]C([B])(O)C1(C)CC(N)(c2ncc(-c3ccc4nc5n(c4c3)C3CC5NC(=O)c4cccc(OC(F)F)c43)cn2)C1. The Bertz CT molecular complexity index is 1720. The molecular weight excluding hydrogens is 528 g/mol. The topological polar surface area (TPSA) is 128 Å². The zero-order chi connectivity index (χ0) is 28.9. The number of imidazole rings is 1. The van der Waals surface area contributed by atoms with Crippen LogP contribution >= 0.6 is 0 Å². The summed E-state index contributed by atoms with van der Waals surface area (Å²) in [7, 11) is 11.4. The van der Waals surface area contributed by atoms with Crippen molar-refractivity contribution in [2.24, 2.45) is 11.1 Å². The predicted octanol–water partition coefficient (Wildman–Crippen LogP) is 2.81. The number of alkyl halides is 2. The van der Waals surface area contributed by atoms with Crippen molar-refractivity contribution in [3.8, 4) is 16.9 Å². The summed E-state index contributed by atoms with van der Waals surface area (Å²) in [5.74, 6) is 0.699. The summed E-state index contributed by atoms with van der Waals surface area (Å²) in [5.41, 5.74) is 8.63. The third kappa shape index (κ3) is 3.89. The Kier molecular flexibility index (Phi) is 5.47. The van der Waals surface area contributed by atoms with Crippen LogP contribution in [0.3, 0.4) is 0 Å². The summed E-state index contributed by atoms with van der Waals surface area (Å²) < 4.78 is 33.4. The number of benzene rings is 2. The van der Waals surface area contributed by atoms with Crippen LogP contribution in [-0.2, 0) is 5.54 Å². The number of hydrogen-bond acceptors (Lipinski definition) is 7. The molecule has 2 unspecified atom stereocenters. The minimum atomic E-state index is -3.03. The standard InChI is InChI=1S/C28H24B2F2N6O3/c1-26(28(29,30)40)11-27(33,12-26)24-34-9-14(10-35-24)13-5-6-16-18(7-13)38-19-8-17(22(38)36-16)37-23(39)15-3-2-4-20(21(15)19)41-25(31)32/h2-7,9-10,17,19,25,40H,8,11-12,33H2,1H3,(H,37,39). The van der Waals surface area contributed by atoms with Gasteiger partial charge in [0.1, 0.15) is 17.4 Å². The lowest BCUT2D eigenvalue weighted by molar-refractivity contribution is -0.0588. The second-order valence-electron chi connectivity index (χ2n) is 11.6. The molecule has 41 heavy (non-hydrogen) atoms. The van der Waals surface area contributed by atoms with E-state index in [9.17, 15) is 18.7 Å². The van der Waals surface area contributed by atoms with Gasteiger partial charge in [-0.1, -0.05) is 19.1 Å². The Morgan fingerprint density at radius 3 is 2.61 bits per heavy atom. The molecule has 2 atom stereocenters. The molecule has 13 heteroatoms. The van der Waals surface area contributed by atoms with Gasteiger partial charge in [0.2, 0.25) is 0 Å². The molecule has 2 aromatic heterocycles. The number of amides is 1. The first-order chi connectivity index (χ1) is 19.4. The highest BCUT2D eigenvalue weighted by Crippen LogP contribution is 2.55. The maximum atomic E-state index is 13.3. The van der Waals surface area contributed by atoms with E-state index in [1.807, 2.05) is 22.8 Å². The molecule has 204 valence electrons. The van der Waals surface area contributed by atoms with Gasteiger partial charge in [-0.15, -0.1) is 0 Å². The fraction of sp³-hybridized carbons (Fsp3) is 0.357. The number of fused-ring (bicyclic) bond motifs is 9. The first-order valence-corrected chi connectivity index (χ1v) is 13.2. The Balaban J connectivity index is 1.26. The molecule has 4 N–H and O–H groups in total. The Hall–Kier alpha value is -3.83. The molecule has 2 aromatic carbocycles. The van der Waals surface area contributed by atoms with Crippen molar-refractivity contribution in [3.63, 3.8) is 0 Å². The Morgan fingerprint density at radius 2 is 1.93 bits per heavy atom. The Morgan fingerprint density at radius 1 is 1.20 bits per heavy atom. The number of hydrogen-bond donors (Lipinski definition) is 3. The molecule has 4 radical (unpaired) electrons. The van der Waals surface area contributed by atoms with Gasteiger partial charge in [0, 0.05) is 29.1 Å². The Labute approximate surface area is 236 Å². The smallest absolute Gasteiger partial charge is 0.387 e. The van der Waals surface area contributed by atoms with Gasteiger partial charge < -0.3 is 25.5 Å². The maximum absolute atomic E-state index is 13.3. The quantitative estimate of drug-likeness (QED) is 0.325. The monoisotopic (exact) mass is 552 g/mol. The van der Waals surface area contributed by atoms with Crippen LogP contribution in [0.25, 0.3) is 22.2 Å². The van der Waals surface area contributed by atoms with Crippen LogP contribution < -0.4 is 15.8 Å². The van der Waals surface area contributed by atoms with Gasteiger partial charge in [0.05, 0.1) is 44.3 Å². The summed E-state index contributed by atoms with van der Waals surface area (Å²) in [6, 6.07) is 9.49. The number of aliphatic hydroxyl groups is 1. The number of carbonyl (C=O) groups excluding carboxylic acids is 1. The molecule has 1 saturated carbocycles. The summed E-state index contributed by atoms with van der Waals surface area (Å²) in [6.45, 7) is -1.26. The molecule has 0 saturated heterocycles. The van der Waals surface area contributed by atoms with Crippen molar-refractivity contribution in [1.82, 2.24) is 24.8 Å². The number of nitrogens with one attached hydrogen (secondary N) is 1. The molecule has 0 spiro atoms. The average Bonchev–Trinajstić information content (AvgIpc) is 3.39. The van der Waals surface area contributed by atoms with Gasteiger partial charge in [-0.2, -0.15) is 8.78 Å². The fourth-order valence-corrected chi connectivity index (χ4v) is 6.71. The van der Waals surface area contributed by atoms with Crippen molar-refractivity contribution in [3.05, 3.63) is 71.6 Å². The molecule has 1 aliphatic carbocycles. The maximum Gasteiger partial charge on any atom is 0.387 e. The molecule has 1 fully saturated rings. The van der Waals surface area contributed by atoms with E-state index in [-0.39, 0.29) is 17.7 Å². The highest BCUT2D eigenvalue weighted by atomic mass is 19.3. The van der Waals surface area contributed by atoms with E-state index < -0.39 is 29.0 Å². The second-order valence-corrected chi connectivity index (χ2v) is 11.6. The first-order valence-electron chi connectivity index (χ1n) is 13.2. The third-order valence-corrected chi connectivity index (χ3v) is 8.77. The van der Waals surface area contributed by atoms with Gasteiger partial charge in [0.25, 0.3) is 5.91 Å². The summed E-state index contributed by atoms with van der Waals surface area (Å²) in [4.78, 5) is 26.8. The minimum Gasteiger partial charge on any atom is -0.434 e. The van der Waals surface area contributed by atoms with Crippen LogP contribution in [0.15, 0.2) is 48.8 Å². The second kappa shape index (κ2) is 8.59. The highest BCUT2D eigenvalue weighted by molar-refractivity contribution is 6.39. The van der Waals surface area contributed by atoms with Gasteiger partial charge >= 0.3 is 6.61 Å². The number of rotatable bonds is 5. The molecular formula is C28H24B2F2N6O3. The van der Waals surface area contributed by atoms with E-state index >= 15 is 0 Å². The van der Waals surface area contributed by atoms with Crippen LogP contribution in [-0.4, -0.2) is 58.2 Å². The number of carbonyl (C=O) groups is 1. The van der Waals surface area contributed by atoms with Crippen molar-refractivity contribution < 1.29 is 23.4 Å². The number of nitrogens with two attached hydrogens (primary N) is 1. The van der Waals surface area contributed by atoms with E-state index in [2.05, 4.69) is 15.3 Å². The average molecular weight is 552 g/mol. The van der Waals surface area contributed by atoms with E-state index in [0.717, 1.165) is 16.6 Å². The first kappa shape index (κ1) is 26.1. The lowest BCUT2D eigenvalue weighted by atomic mass is 9.40. The van der Waals surface area contributed by atoms with Crippen LogP contribution in [0.4, 0.5) is 8.78 Å². The van der Waals surface area contributed by atoms with Gasteiger partial charge in [-0.3, -0.25) is 4.79 Å². The highest BCUT2D eigenvalue weighted by Gasteiger charge is 2.57. The van der Waals surface area contributed by atoms with E-state index in [1.54, 1.807) is 25.4 Å². The van der Waals surface area contributed by atoms with Crippen molar-refractivity contribution >= 4 is 32.6 Å². The summed E-state index contributed by atoms with van der Waals surface area (Å²) >= 11 is 0. The van der Waals surface area contributed by atoms with Crippen LogP contribution in [0, 0.1) is 5.41 Å². The normalized spacial score (nSPS) is 26.7. The largest absolute Gasteiger partial charge is 0.434 e. The van der Waals surface area contributed by atoms with Gasteiger partial charge in [0.15, 0.2) is 0 Å². The molecule has 9 nitrogen and oxygen atoms in total. The third-order valence-electron chi connectivity index (χ3n) is 8.77. The van der Waals surface area contributed by atoms with Crippen LogP contribution in [0.5, 0.6) is 5.75 Å². The van der Waals surface area contributed by atoms with Crippen molar-refractivity contribution in [1.29, 1.82) is 0 Å². The number of nitrogens with zero attached hydrogens (tertiary/aromatic N) is 4. The number of halogens is 2. The zero-order valence-corrected chi connectivity index (χ0v) is 22.0. The zero-order valence-electron chi connectivity index (χ0n) is 22.0.